The topological polar surface area (TPSA) is 26.3 Å². The molecule has 0 rings (SSSR count). The lowest BCUT2D eigenvalue weighted by Crippen LogP contribution is -2.36. The zero-order valence-electron chi connectivity index (χ0n) is 11.3. The van der Waals surface area contributed by atoms with Gasteiger partial charge in [-0.15, -0.1) is 0 Å². The van der Waals surface area contributed by atoms with Crippen LogP contribution in [0, 0.1) is 0 Å². The minimum absolute atomic E-state index is 0.0966. The second kappa shape index (κ2) is 9.41. The van der Waals surface area contributed by atoms with E-state index in [4.69, 9.17) is 4.74 Å². The van der Waals surface area contributed by atoms with Crippen molar-refractivity contribution in [2.75, 3.05) is 18.1 Å². The molecule has 0 aromatic rings. The third-order valence-electron chi connectivity index (χ3n) is 2.43. The summed E-state index contributed by atoms with van der Waals surface area (Å²) in [6.07, 6.45) is -5.03. The van der Waals surface area contributed by atoms with Gasteiger partial charge in [-0.2, -0.15) is 33.7 Å². The van der Waals surface area contributed by atoms with Crippen LogP contribution >= 0.6 is 11.8 Å². The molecule has 0 saturated carbocycles. The monoisotopic (exact) mass is 322 g/mol. The molecule has 0 N–H and O–H groups in total. The molecule has 0 aliphatic rings. The van der Waals surface area contributed by atoms with Crippen molar-refractivity contribution in [1.29, 1.82) is 0 Å². The minimum Gasteiger partial charge on any atom is -0.465 e. The molecular formula is C12H19F5O2S. The second-order valence-electron chi connectivity index (χ2n) is 4.29. The number of rotatable bonds is 10. The third-order valence-corrected chi connectivity index (χ3v) is 3.44. The predicted octanol–water partition coefficient (Wildman–Crippen LogP) is 4.43. The Morgan fingerprint density at radius 3 is 2.30 bits per heavy atom. The molecule has 0 fully saturated rings. The van der Waals surface area contributed by atoms with Crippen LogP contribution in [0.3, 0.4) is 0 Å². The minimum atomic E-state index is -5.48. The van der Waals surface area contributed by atoms with Gasteiger partial charge >= 0.3 is 18.1 Å². The van der Waals surface area contributed by atoms with Crippen LogP contribution in [-0.4, -0.2) is 36.2 Å². The summed E-state index contributed by atoms with van der Waals surface area (Å²) < 4.78 is 65.5. The molecule has 0 bridgehead atoms. The highest BCUT2D eigenvalue weighted by atomic mass is 32.2. The lowest BCUT2D eigenvalue weighted by Gasteiger charge is -2.19. The fraction of sp³-hybridized carbons (Fsp3) is 0.917. The van der Waals surface area contributed by atoms with E-state index in [0.29, 0.717) is 12.4 Å². The normalized spacial score (nSPS) is 12.5. The van der Waals surface area contributed by atoms with Gasteiger partial charge in [0.1, 0.15) is 0 Å². The summed E-state index contributed by atoms with van der Waals surface area (Å²) in [5.41, 5.74) is 0. The number of ether oxygens (including phenoxy) is 1. The van der Waals surface area contributed by atoms with Crippen molar-refractivity contribution in [2.45, 2.75) is 51.1 Å². The van der Waals surface area contributed by atoms with Crippen LogP contribution in [-0.2, 0) is 9.53 Å². The average Bonchev–Trinajstić information content (AvgIpc) is 2.32. The molecule has 0 atom stereocenters. The first kappa shape index (κ1) is 19.5. The Morgan fingerprint density at radius 1 is 1.10 bits per heavy atom. The number of halogens is 5. The summed E-state index contributed by atoms with van der Waals surface area (Å²) in [6.45, 7) is 2.31. The Balaban J connectivity index is 3.56. The maximum atomic E-state index is 12.5. The van der Waals surface area contributed by atoms with Gasteiger partial charge in [-0.25, -0.2) is 0 Å². The Labute approximate surface area is 119 Å². The molecule has 0 aromatic carbocycles. The standard InChI is InChI=1S/C12H19F5O2S/c1-2-3-7-19-10(18)9-20-8-5-4-6-11(13,14)12(15,16)17/h2-9H2,1H3. The number of thioether (sulfide) groups is 1. The highest BCUT2D eigenvalue weighted by Crippen LogP contribution is 2.39. The van der Waals surface area contributed by atoms with E-state index in [1.54, 1.807) is 0 Å². The molecule has 0 aliphatic carbocycles. The molecule has 0 heterocycles. The van der Waals surface area contributed by atoms with Crippen LogP contribution in [0.25, 0.3) is 0 Å². The van der Waals surface area contributed by atoms with Crippen molar-refractivity contribution >= 4 is 17.7 Å². The first-order chi connectivity index (χ1) is 9.20. The van der Waals surface area contributed by atoms with Gasteiger partial charge < -0.3 is 4.74 Å². The molecule has 0 spiro atoms. The van der Waals surface area contributed by atoms with Gasteiger partial charge in [0.15, 0.2) is 0 Å². The van der Waals surface area contributed by atoms with E-state index in [2.05, 4.69) is 0 Å². The molecule has 0 saturated heterocycles. The molecule has 8 heteroatoms. The van der Waals surface area contributed by atoms with Crippen LogP contribution in [0.4, 0.5) is 22.0 Å². The fourth-order valence-electron chi connectivity index (χ4n) is 1.22. The van der Waals surface area contributed by atoms with Crippen LogP contribution in [0.15, 0.2) is 0 Å². The highest BCUT2D eigenvalue weighted by Gasteiger charge is 2.56. The first-order valence-electron chi connectivity index (χ1n) is 6.38. The summed E-state index contributed by atoms with van der Waals surface area (Å²) in [7, 11) is 0. The maximum absolute atomic E-state index is 12.5. The molecule has 0 aromatic heterocycles. The molecule has 0 unspecified atom stereocenters. The van der Waals surface area contributed by atoms with Gasteiger partial charge in [0.05, 0.1) is 12.4 Å². The fourth-order valence-corrected chi connectivity index (χ4v) is 2.02. The summed E-state index contributed by atoms with van der Waals surface area (Å²) in [5, 5.41) is 0. The van der Waals surface area contributed by atoms with Crippen LogP contribution in [0.2, 0.25) is 0 Å². The molecular weight excluding hydrogens is 303 g/mol. The smallest absolute Gasteiger partial charge is 0.453 e. The Morgan fingerprint density at radius 2 is 1.75 bits per heavy atom. The molecule has 0 amide bonds. The van der Waals surface area contributed by atoms with Crippen LogP contribution < -0.4 is 0 Å². The lowest BCUT2D eigenvalue weighted by atomic mass is 10.1. The second-order valence-corrected chi connectivity index (χ2v) is 5.39. The molecule has 120 valence electrons. The van der Waals surface area contributed by atoms with E-state index in [9.17, 15) is 26.7 Å². The van der Waals surface area contributed by atoms with Crippen molar-refractivity contribution < 1.29 is 31.5 Å². The van der Waals surface area contributed by atoms with E-state index >= 15 is 0 Å². The molecule has 0 radical (unpaired) electrons. The van der Waals surface area contributed by atoms with E-state index in [1.165, 1.54) is 11.8 Å². The van der Waals surface area contributed by atoms with Crippen molar-refractivity contribution in [1.82, 2.24) is 0 Å². The van der Waals surface area contributed by atoms with E-state index in [1.807, 2.05) is 6.92 Å². The SMILES string of the molecule is CCCCOC(=O)CSCCCCC(F)(F)C(F)(F)F. The predicted molar refractivity (Wildman–Crippen MR) is 68.0 cm³/mol. The lowest BCUT2D eigenvalue weighted by molar-refractivity contribution is -0.284. The summed E-state index contributed by atoms with van der Waals surface area (Å²) >= 11 is 1.18. The number of alkyl halides is 5. The van der Waals surface area contributed by atoms with Crippen LogP contribution in [0.5, 0.6) is 0 Å². The van der Waals surface area contributed by atoms with Crippen molar-refractivity contribution in [3.05, 3.63) is 0 Å². The van der Waals surface area contributed by atoms with Gasteiger partial charge in [-0.3, -0.25) is 4.79 Å². The number of carbonyl (C=O) groups is 1. The largest absolute Gasteiger partial charge is 0.465 e. The Kier molecular flexibility index (Phi) is 9.16. The zero-order chi connectivity index (χ0) is 15.6. The summed E-state index contributed by atoms with van der Waals surface area (Å²) in [4.78, 5) is 11.1. The Hall–Kier alpha value is -0.530. The van der Waals surface area contributed by atoms with Gasteiger partial charge in [-0.05, 0) is 25.0 Å². The number of esters is 1. The maximum Gasteiger partial charge on any atom is 0.453 e. The van der Waals surface area contributed by atoms with E-state index in [-0.39, 0.29) is 24.6 Å². The van der Waals surface area contributed by atoms with Gasteiger partial charge in [0.25, 0.3) is 0 Å². The van der Waals surface area contributed by atoms with Gasteiger partial charge in [0, 0.05) is 6.42 Å². The molecule has 2 nitrogen and oxygen atoms in total. The van der Waals surface area contributed by atoms with Crippen LogP contribution in [0.1, 0.15) is 39.0 Å². The van der Waals surface area contributed by atoms with Crippen molar-refractivity contribution in [2.24, 2.45) is 0 Å². The molecule has 20 heavy (non-hydrogen) atoms. The highest BCUT2D eigenvalue weighted by molar-refractivity contribution is 7.99. The first-order valence-corrected chi connectivity index (χ1v) is 7.54. The van der Waals surface area contributed by atoms with Gasteiger partial charge in [0.2, 0.25) is 0 Å². The quantitative estimate of drug-likeness (QED) is 0.338. The summed E-state index contributed by atoms with van der Waals surface area (Å²) in [6, 6.07) is 0. The Bertz CT molecular complexity index is 282. The zero-order valence-corrected chi connectivity index (χ0v) is 12.1. The molecule has 0 aliphatic heterocycles. The third kappa shape index (κ3) is 8.60. The number of hydrogen-bond acceptors (Lipinski definition) is 3. The van der Waals surface area contributed by atoms with E-state index < -0.39 is 18.5 Å². The van der Waals surface area contributed by atoms with E-state index in [0.717, 1.165) is 12.8 Å². The summed E-state index contributed by atoms with van der Waals surface area (Å²) in [5.74, 6) is -4.56. The van der Waals surface area contributed by atoms with Gasteiger partial charge in [-0.1, -0.05) is 13.3 Å². The van der Waals surface area contributed by atoms with Crippen molar-refractivity contribution in [3.63, 3.8) is 0 Å². The average molecular weight is 322 g/mol. The number of carbonyl (C=O) groups excluding carboxylic acids is 1. The number of hydrogen-bond donors (Lipinski definition) is 0. The van der Waals surface area contributed by atoms with Crippen molar-refractivity contribution in [3.8, 4) is 0 Å². The number of unbranched alkanes of at least 4 members (excludes halogenated alkanes) is 2.